The first-order valence-corrected chi connectivity index (χ1v) is 16.7. The molecular weight excluding hydrogens is 551 g/mol. The van der Waals surface area contributed by atoms with Crippen LogP contribution >= 0.6 is 0 Å². The van der Waals surface area contributed by atoms with E-state index < -0.39 is 20.1 Å². The molecule has 2 aliphatic carbocycles. The maximum atomic E-state index is 13.4. The van der Waals surface area contributed by atoms with Crippen molar-refractivity contribution in [2.45, 2.75) is 76.7 Å². The van der Waals surface area contributed by atoms with Crippen LogP contribution in [0.4, 0.5) is 13.2 Å². The number of hydrogen-bond donors (Lipinski definition) is 0. The maximum Gasteiger partial charge on any atom is 0.416 e. The summed E-state index contributed by atoms with van der Waals surface area (Å²) < 4.78 is 49.5. The second-order valence-electron chi connectivity index (χ2n) is 13.1. The zero-order valence-corrected chi connectivity index (χ0v) is 25.8. The standard InChI is InChI=1S/C34H38F3N3OSi/c1-22(2)40-32(38-31(39-40)23-13-12-14-24(19-23)34(35,36)37)30-28-20-25(21-29(28)30)41-42(33(3,4)5,26-15-8-6-9-16-26)27-17-10-7-11-18-27/h6-19,22,25,28-30H,20-21H2,1-5H3/t25?,28-,29+,30?. The number of hydrogen-bond acceptors (Lipinski definition) is 3. The molecule has 0 radical (unpaired) electrons. The van der Waals surface area contributed by atoms with Gasteiger partial charge in [-0.2, -0.15) is 18.3 Å². The van der Waals surface area contributed by atoms with Gasteiger partial charge < -0.3 is 4.43 Å². The van der Waals surface area contributed by atoms with Crippen molar-refractivity contribution in [3.8, 4) is 11.4 Å². The average molecular weight is 590 g/mol. The second kappa shape index (κ2) is 10.5. The van der Waals surface area contributed by atoms with Crippen LogP contribution in [0.2, 0.25) is 5.04 Å². The molecule has 0 bridgehead atoms. The van der Waals surface area contributed by atoms with Gasteiger partial charge in [-0.1, -0.05) is 93.6 Å². The summed E-state index contributed by atoms with van der Waals surface area (Å²) >= 11 is 0. The lowest BCUT2D eigenvalue weighted by molar-refractivity contribution is -0.137. The van der Waals surface area contributed by atoms with E-state index in [0.717, 1.165) is 30.8 Å². The molecule has 4 aromatic rings. The molecule has 2 saturated carbocycles. The number of alkyl halides is 3. The Kier molecular flexibility index (Phi) is 7.21. The Hall–Kier alpha value is -3.23. The molecule has 1 heterocycles. The summed E-state index contributed by atoms with van der Waals surface area (Å²) in [6, 6.07) is 26.8. The normalized spacial score (nSPS) is 22.4. The molecule has 0 spiro atoms. The van der Waals surface area contributed by atoms with Crippen molar-refractivity contribution in [3.05, 3.63) is 96.3 Å². The Bertz CT molecular complexity index is 1490. The largest absolute Gasteiger partial charge is 0.416 e. The van der Waals surface area contributed by atoms with Gasteiger partial charge in [0.25, 0.3) is 8.32 Å². The van der Waals surface area contributed by atoms with Crippen LogP contribution in [0.15, 0.2) is 84.9 Å². The summed E-state index contributed by atoms with van der Waals surface area (Å²) in [7, 11) is -2.64. The van der Waals surface area contributed by atoms with E-state index in [1.807, 2.05) is 18.5 Å². The first-order chi connectivity index (χ1) is 19.9. The van der Waals surface area contributed by atoms with Crippen LogP contribution in [0.3, 0.4) is 0 Å². The van der Waals surface area contributed by atoms with Crippen molar-refractivity contribution in [1.82, 2.24) is 14.8 Å². The van der Waals surface area contributed by atoms with Crippen LogP contribution in [0.25, 0.3) is 11.4 Å². The van der Waals surface area contributed by atoms with Gasteiger partial charge in [0.1, 0.15) is 5.82 Å². The molecule has 0 N–H and O–H groups in total. The quantitative estimate of drug-likeness (QED) is 0.208. The Balaban J connectivity index is 1.27. The highest BCUT2D eigenvalue weighted by Gasteiger charge is 2.61. The molecular formula is C34H38F3N3OSi. The van der Waals surface area contributed by atoms with Crippen LogP contribution in [0.5, 0.6) is 0 Å². The lowest BCUT2D eigenvalue weighted by Crippen LogP contribution is -2.67. The van der Waals surface area contributed by atoms with Gasteiger partial charge in [0.05, 0.1) is 5.56 Å². The van der Waals surface area contributed by atoms with E-state index in [0.29, 0.717) is 23.2 Å². The first kappa shape index (κ1) is 28.9. The fourth-order valence-electron chi connectivity index (χ4n) is 7.11. The van der Waals surface area contributed by atoms with E-state index in [4.69, 9.17) is 14.5 Å². The van der Waals surface area contributed by atoms with Gasteiger partial charge in [-0.05, 0) is 66.1 Å². The highest BCUT2D eigenvalue weighted by Crippen LogP contribution is 2.64. The molecule has 0 amide bonds. The van der Waals surface area contributed by atoms with Gasteiger partial charge in [0.15, 0.2) is 5.82 Å². The van der Waals surface area contributed by atoms with Crippen LogP contribution in [-0.4, -0.2) is 29.2 Å². The third-order valence-electron chi connectivity index (χ3n) is 9.05. The summed E-state index contributed by atoms with van der Waals surface area (Å²) in [5.74, 6) is 2.36. The zero-order valence-electron chi connectivity index (χ0n) is 24.8. The smallest absolute Gasteiger partial charge is 0.404 e. The molecule has 220 valence electrons. The highest BCUT2D eigenvalue weighted by molar-refractivity contribution is 6.99. The highest BCUT2D eigenvalue weighted by atomic mass is 28.4. The lowest BCUT2D eigenvalue weighted by atomic mass is 10.1. The third kappa shape index (κ3) is 5.02. The molecule has 0 saturated heterocycles. The number of halogens is 3. The third-order valence-corrected chi connectivity index (χ3v) is 14.1. The minimum absolute atomic E-state index is 0.0533. The number of benzene rings is 3. The van der Waals surface area contributed by atoms with Crippen molar-refractivity contribution >= 4 is 18.7 Å². The molecule has 2 fully saturated rings. The number of aromatic nitrogens is 3. The number of fused-ring (bicyclic) bond motifs is 1. The van der Waals surface area contributed by atoms with Gasteiger partial charge >= 0.3 is 6.18 Å². The van der Waals surface area contributed by atoms with Gasteiger partial charge in [-0.15, -0.1) is 0 Å². The zero-order chi connectivity index (χ0) is 29.9. The first-order valence-electron chi connectivity index (χ1n) is 14.8. The van der Waals surface area contributed by atoms with E-state index in [-0.39, 0.29) is 23.1 Å². The van der Waals surface area contributed by atoms with Gasteiger partial charge in [-0.3, -0.25) is 0 Å². The second-order valence-corrected chi connectivity index (χ2v) is 17.4. The molecule has 3 aromatic carbocycles. The van der Waals surface area contributed by atoms with E-state index >= 15 is 0 Å². The molecule has 0 aliphatic heterocycles. The predicted octanol–water partition coefficient (Wildman–Crippen LogP) is 7.61. The Morgan fingerprint density at radius 2 is 1.40 bits per heavy atom. The fourth-order valence-corrected chi connectivity index (χ4v) is 11.8. The summed E-state index contributed by atoms with van der Waals surface area (Å²) in [6.07, 6.45) is -2.37. The monoisotopic (exact) mass is 589 g/mol. The topological polar surface area (TPSA) is 39.9 Å². The van der Waals surface area contributed by atoms with E-state index in [2.05, 4.69) is 81.4 Å². The lowest BCUT2D eigenvalue weighted by Gasteiger charge is -2.45. The minimum atomic E-state index is -4.41. The molecule has 8 heteroatoms. The summed E-state index contributed by atoms with van der Waals surface area (Å²) in [5.41, 5.74) is -0.293. The molecule has 2 aliphatic rings. The van der Waals surface area contributed by atoms with Crippen molar-refractivity contribution in [3.63, 3.8) is 0 Å². The van der Waals surface area contributed by atoms with E-state index in [1.165, 1.54) is 16.4 Å². The number of nitrogens with zero attached hydrogens (tertiary/aromatic N) is 3. The Labute approximate surface area is 247 Å². The molecule has 4 nitrogen and oxygen atoms in total. The van der Waals surface area contributed by atoms with Crippen molar-refractivity contribution < 1.29 is 17.6 Å². The SMILES string of the molecule is CC(C)n1nc(-c2cccc(C(F)(F)F)c2)nc1C1[C@H]2CC(O[Si](c3ccccc3)(c3ccccc3)C(C)(C)C)C[C@@H]12. The molecule has 6 rings (SSSR count). The Morgan fingerprint density at radius 1 is 0.833 bits per heavy atom. The summed E-state index contributed by atoms with van der Waals surface area (Å²) in [5, 5.41) is 7.18. The predicted molar refractivity (Wildman–Crippen MR) is 162 cm³/mol. The molecule has 4 atom stereocenters. The van der Waals surface area contributed by atoms with Gasteiger partial charge in [0, 0.05) is 23.6 Å². The fraction of sp³-hybridized carbons (Fsp3) is 0.412. The Morgan fingerprint density at radius 3 is 1.90 bits per heavy atom. The molecule has 42 heavy (non-hydrogen) atoms. The van der Waals surface area contributed by atoms with Crippen LogP contribution in [-0.2, 0) is 10.6 Å². The van der Waals surface area contributed by atoms with Gasteiger partial charge in [0.2, 0.25) is 0 Å². The van der Waals surface area contributed by atoms with Crippen molar-refractivity contribution in [1.29, 1.82) is 0 Å². The summed E-state index contributed by atoms with van der Waals surface area (Å²) in [4.78, 5) is 4.86. The summed E-state index contributed by atoms with van der Waals surface area (Å²) in [6.45, 7) is 11.0. The van der Waals surface area contributed by atoms with Crippen molar-refractivity contribution in [2.75, 3.05) is 0 Å². The van der Waals surface area contributed by atoms with Gasteiger partial charge in [-0.25, -0.2) is 9.67 Å². The van der Waals surface area contributed by atoms with Crippen LogP contribution in [0.1, 0.15) is 70.8 Å². The average Bonchev–Trinajstić information content (AvgIpc) is 3.27. The van der Waals surface area contributed by atoms with Crippen LogP contribution in [0, 0.1) is 11.8 Å². The molecule has 1 aromatic heterocycles. The van der Waals surface area contributed by atoms with Crippen molar-refractivity contribution in [2.24, 2.45) is 11.8 Å². The maximum absolute atomic E-state index is 13.4. The number of rotatable bonds is 7. The minimum Gasteiger partial charge on any atom is -0.404 e. The van der Waals surface area contributed by atoms with Crippen LogP contribution < -0.4 is 10.4 Å². The van der Waals surface area contributed by atoms with E-state index in [1.54, 1.807) is 6.07 Å². The molecule has 2 unspecified atom stereocenters. The van der Waals surface area contributed by atoms with E-state index in [9.17, 15) is 13.2 Å².